The Morgan fingerprint density at radius 2 is 2.25 bits per heavy atom. The zero-order chi connectivity index (χ0) is 9.14. The van der Waals surface area contributed by atoms with Crippen LogP contribution < -0.4 is 0 Å². The van der Waals surface area contributed by atoms with E-state index in [1.165, 1.54) is 0 Å². The number of H-pyrrole nitrogens is 1. The van der Waals surface area contributed by atoms with Crippen molar-refractivity contribution < 1.29 is 4.79 Å². The summed E-state index contributed by atoms with van der Waals surface area (Å²) >= 11 is 0. The molecule has 1 aromatic heterocycles. The lowest BCUT2D eigenvalue weighted by molar-refractivity contribution is -0.116. The van der Waals surface area contributed by atoms with Crippen molar-refractivity contribution in [2.45, 2.75) is 33.6 Å². The Bertz CT molecular complexity index is 289. The van der Waals surface area contributed by atoms with E-state index in [0.717, 1.165) is 23.6 Å². The number of carbonyl (C=O) groups excluding carboxylic acids is 1. The smallest absolute Gasteiger partial charge is 0.137 e. The highest BCUT2D eigenvalue weighted by atomic mass is 16.1. The average molecular weight is 166 g/mol. The summed E-state index contributed by atoms with van der Waals surface area (Å²) in [7, 11) is 0. The average Bonchev–Trinajstić information content (AvgIpc) is 2.29. The van der Waals surface area contributed by atoms with E-state index in [9.17, 15) is 4.79 Å². The van der Waals surface area contributed by atoms with Gasteiger partial charge in [-0.05, 0) is 20.3 Å². The Morgan fingerprint density at radius 3 is 2.67 bits per heavy atom. The fourth-order valence-corrected chi connectivity index (χ4v) is 1.23. The molecule has 0 saturated heterocycles. The lowest BCUT2D eigenvalue weighted by Gasteiger charge is -1.87. The molecule has 1 rings (SSSR count). The normalized spacial score (nSPS) is 10.2. The molecule has 0 amide bonds. The third-order valence-electron chi connectivity index (χ3n) is 1.79. The molecule has 0 saturated carbocycles. The minimum Gasteiger partial charge on any atom is -0.345 e. The van der Waals surface area contributed by atoms with Crippen molar-refractivity contribution in [1.29, 1.82) is 0 Å². The van der Waals surface area contributed by atoms with Crippen LogP contribution in [0.5, 0.6) is 0 Å². The first kappa shape index (κ1) is 8.97. The number of hydrogen-bond donors (Lipinski definition) is 1. The fourth-order valence-electron chi connectivity index (χ4n) is 1.23. The maximum atomic E-state index is 10.8. The molecule has 66 valence electrons. The third-order valence-corrected chi connectivity index (χ3v) is 1.79. The van der Waals surface area contributed by atoms with E-state index >= 15 is 0 Å². The monoisotopic (exact) mass is 166 g/mol. The maximum Gasteiger partial charge on any atom is 0.137 e. The van der Waals surface area contributed by atoms with Crippen LogP contribution in [-0.4, -0.2) is 15.8 Å². The number of aromatic amines is 1. The van der Waals surface area contributed by atoms with E-state index in [4.69, 9.17) is 0 Å². The van der Waals surface area contributed by atoms with Crippen LogP contribution in [0.15, 0.2) is 0 Å². The van der Waals surface area contributed by atoms with E-state index in [0.29, 0.717) is 6.42 Å². The first-order valence-corrected chi connectivity index (χ1v) is 4.17. The minimum absolute atomic E-state index is 0.145. The first-order valence-electron chi connectivity index (χ1n) is 4.17. The van der Waals surface area contributed by atoms with Gasteiger partial charge in [-0.1, -0.05) is 6.92 Å². The standard InChI is InChI=1S/C9H14N2O/c1-4-8-7(3)10-9(11-8)5-6(2)12/h4-5H2,1-3H3,(H,10,11). The lowest BCUT2D eigenvalue weighted by Crippen LogP contribution is -1.98. The molecule has 1 aromatic rings. The summed E-state index contributed by atoms with van der Waals surface area (Å²) in [6, 6.07) is 0. The van der Waals surface area contributed by atoms with Gasteiger partial charge in [0.2, 0.25) is 0 Å². The second-order valence-corrected chi connectivity index (χ2v) is 2.99. The van der Waals surface area contributed by atoms with Crippen molar-refractivity contribution in [1.82, 2.24) is 9.97 Å². The number of imidazole rings is 1. The molecule has 3 heteroatoms. The molecule has 3 nitrogen and oxygen atoms in total. The summed E-state index contributed by atoms with van der Waals surface area (Å²) in [5, 5.41) is 0. The molecule has 1 N–H and O–H groups in total. The maximum absolute atomic E-state index is 10.8. The van der Waals surface area contributed by atoms with Crippen LogP contribution in [0.4, 0.5) is 0 Å². The summed E-state index contributed by atoms with van der Waals surface area (Å²) in [5.41, 5.74) is 2.14. The van der Waals surface area contributed by atoms with Gasteiger partial charge in [0.1, 0.15) is 11.6 Å². The van der Waals surface area contributed by atoms with Gasteiger partial charge in [0.25, 0.3) is 0 Å². The number of nitrogens with one attached hydrogen (secondary N) is 1. The minimum atomic E-state index is 0.145. The number of aromatic nitrogens is 2. The number of nitrogens with zero attached hydrogens (tertiary/aromatic N) is 1. The van der Waals surface area contributed by atoms with E-state index in [2.05, 4.69) is 16.9 Å². The summed E-state index contributed by atoms with van der Waals surface area (Å²) in [6.45, 7) is 5.61. The number of carbonyl (C=O) groups is 1. The number of aryl methyl sites for hydroxylation is 2. The van der Waals surface area contributed by atoms with Crippen LogP contribution in [0.1, 0.15) is 31.1 Å². The molecule has 1 heterocycles. The molecule has 0 aliphatic rings. The molecular weight excluding hydrogens is 152 g/mol. The van der Waals surface area contributed by atoms with Crippen molar-refractivity contribution in [2.75, 3.05) is 0 Å². The highest BCUT2D eigenvalue weighted by Gasteiger charge is 2.05. The molecule has 12 heavy (non-hydrogen) atoms. The molecular formula is C9H14N2O. The van der Waals surface area contributed by atoms with Gasteiger partial charge in [-0.15, -0.1) is 0 Å². The molecule has 0 bridgehead atoms. The summed E-state index contributed by atoms with van der Waals surface area (Å²) < 4.78 is 0. The van der Waals surface area contributed by atoms with Gasteiger partial charge in [0.15, 0.2) is 0 Å². The van der Waals surface area contributed by atoms with E-state index < -0.39 is 0 Å². The van der Waals surface area contributed by atoms with Crippen molar-refractivity contribution in [2.24, 2.45) is 0 Å². The molecule has 0 aromatic carbocycles. The SMILES string of the molecule is CCc1nc(CC(C)=O)[nH]c1C. The molecule has 0 radical (unpaired) electrons. The zero-order valence-corrected chi connectivity index (χ0v) is 7.77. The van der Waals surface area contributed by atoms with Crippen LogP contribution in [0.3, 0.4) is 0 Å². The Morgan fingerprint density at radius 1 is 1.58 bits per heavy atom. The number of hydrogen-bond acceptors (Lipinski definition) is 2. The van der Waals surface area contributed by atoms with Crippen LogP contribution >= 0.6 is 0 Å². The van der Waals surface area contributed by atoms with Gasteiger partial charge < -0.3 is 4.98 Å². The van der Waals surface area contributed by atoms with Crippen LogP contribution in [0, 0.1) is 6.92 Å². The molecule has 0 fully saturated rings. The number of Topliss-reactive ketones (excluding diaryl/α,β-unsaturated/α-hetero) is 1. The fraction of sp³-hybridized carbons (Fsp3) is 0.556. The third kappa shape index (κ3) is 1.94. The van der Waals surface area contributed by atoms with Crippen LogP contribution in [0.2, 0.25) is 0 Å². The Labute approximate surface area is 72.2 Å². The lowest BCUT2D eigenvalue weighted by atomic mass is 10.3. The quantitative estimate of drug-likeness (QED) is 0.738. The molecule has 0 aliphatic heterocycles. The van der Waals surface area contributed by atoms with Gasteiger partial charge in [-0.2, -0.15) is 0 Å². The highest BCUT2D eigenvalue weighted by molar-refractivity contribution is 5.77. The van der Waals surface area contributed by atoms with Crippen molar-refractivity contribution >= 4 is 5.78 Å². The highest BCUT2D eigenvalue weighted by Crippen LogP contribution is 2.05. The largest absolute Gasteiger partial charge is 0.345 e. The van der Waals surface area contributed by atoms with E-state index in [1.807, 2.05) is 6.92 Å². The Balaban J connectivity index is 2.82. The molecule has 0 spiro atoms. The summed E-state index contributed by atoms with van der Waals surface area (Å²) in [5.74, 6) is 0.934. The second kappa shape index (κ2) is 3.52. The van der Waals surface area contributed by atoms with Gasteiger partial charge >= 0.3 is 0 Å². The van der Waals surface area contributed by atoms with Crippen LogP contribution in [0.25, 0.3) is 0 Å². The predicted molar refractivity (Wildman–Crippen MR) is 47.1 cm³/mol. The van der Waals surface area contributed by atoms with Gasteiger partial charge in [-0.3, -0.25) is 4.79 Å². The van der Waals surface area contributed by atoms with E-state index in [-0.39, 0.29) is 5.78 Å². The van der Waals surface area contributed by atoms with E-state index in [1.54, 1.807) is 6.92 Å². The topological polar surface area (TPSA) is 45.8 Å². The van der Waals surface area contributed by atoms with Crippen molar-refractivity contribution in [3.63, 3.8) is 0 Å². The van der Waals surface area contributed by atoms with Crippen LogP contribution in [-0.2, 0) is 17.6 Å². The Hall–Kier alpha value is -1.12. The number of rotatable bonds is 3. The van der Waals surface area contributed by atoms with Gasteiger partial charge in [0.05, 0.1) is 12.1 Å². The second-order valence-electron chi connectivity index (χ2n) is 2.99. The zero-order valence-electron chi connectivity index (χ0n) is 7.77. The Kier molecular flexibility index (Phi) is 2.63. The summed E-state index contributed by atoms with van der Waals surface area (Å²) in [6.07, 6.45) is 1.33. The van der Waals surface area contributed by atoms with Crippen molar-refractivity contribution in [3.8, 4) is 0 Å². The van der Waals surface area contributed by atoms with Crippen molar-refractivity contribution in [3.05, 3.63) is 17.2 Å². The molecule has 0 aliphatic carbocycles. The molecule has 0 unspecified atom stereocenters. The number of ketones is 1. The van der Waals surface area contributed by atoms with Gasteiger partial charge in [0, 0.05) is 5.69 Å². The first-order chi connectivity index (χ1) is 5.63. The predicted octanol–water partition coefficient (Wildman–Crippen LogP) is 1.41. The molecule has 0 atom stereocenters. The van der Waals surface area contributed by atoms with Gasteiger partial charge in [-0.25, -0.2) is 4.98 Å². The summed E-state index contributed by atoms with van der Waals surface area (Å²) in [4.78, 5) is 18.1.